The van der Waals surface area contributed by atoms with Crippen LogP contribution in [0.4, 0.5) is 5.82 Å². The van der Waals surface area contributed by atoms with Gasteiger partial charge in [-0.05, 0) is 63.4 Å². The van der Waals surface area contributed by atoms with Crippen molar-refractivity contribution in [3.63, 3.8) is 0 Å². The fourth-order valence-electron chi connectivity index (χ4n) is 4.62. The van der Waals surface area contributed by atoms with Gasteiger partial charge in [0, 0.05) is 50.0 Å². The first-order chi connectivity index (χ1) is 17.5. The molecule has 10 heteroatoms. The van der Waals surface area contributed by atoms with Crippen LogP contribution in [-0.4, -0.2) is 77.6 Å². The summed E-state index contributed by atoms with van der Waals surface area (Å²) < 4.78 is 5.85. The molecule has 1 amide bonds. The number of piperidine rings is 1. The van der Waals surface area contributed by atoms with Gasteiger partial charge in [0.25, 0.3) is 5.91 Å². The number of hydrogen-bond acceptors (Lipinski definition) is 8. The van der Waals surface area contributed by atoms with Crippen molar-refractivity contribution in [2.75, 3.05) is 51.8 Å². The zero-order valence-corrected chi connectivity index (χ0v) is 20.8. The highest BCUT2D eigenvalue weighted by Crippen LogP contribution is 2.45. The van der Waals surface area contributed by atoms with E-state index in [1.165, 1.54) is 10.9 Å². The Kier molecular flexibility index (Phi) is 6.74. The fraction of sp³-hybridized carbons (Fsp3) is 0.500. The van der Waals surface area contributed by atoms with Gasteiger partial charge in [-0.1, -0.05) is 0 Å². The van der Waals surface area contributed by atoms with Crippen molar-refractivity contribution in [2.45, 2.75) is 31.6 Å². The molecule has 2 aliphatic rings. The van der Waals surface area contributed by atoms with Gasteiger partial charge in [0.1, 0.15) is 23.8 Å². The lowest BCUT2D eigenvalue weighted by molar-refractivity contribution is 0.0944. The third kappa shape index (κ3) is 5.26. The van der Waals surface area contributed by atoms with E-state index in [4.69, 9.17) is 4.74 Å². The maximum Gasteiger partial charge on any atom is 0.319 e. The van der Waals surface area contributed by atoms with Gasteiger partial charge in [0.05, 0.1) is 11.5 Å². The predicted molar refractivity (Wildman–Crippen MR) is 136 cm³/mol. The van der Waals surface area contributed by atoms with Crippen LogP contribution >= 0.6 is 0 Å². The summed E-state index contributed by atoms with van der Waals surface area (Å²) in [6.45, 7) is 3.10. The molecule has 2 N–H and O–H groups in total. The zero-order valence-electron chi connectivity index (χ0n) is 20.8. The van der Waals surface area contributed by atoms with Crippen molar-refractivity contribution in [3.05, 3.63) is 41.9 Å². The summed E-state index contributed by atoms with van der Waals surface area (Å²) >= 11 is 0. The molecule has 5 rings (SSSR count). The van der Waals surface area contributed by atoms with Gasteiger partial charge < -0.3 is 24.8 Å². The maximum absolute atomic E-state index is 12.9. The van der Waals surface area contributed by atoms with Crippen molar-refractivity contribution in [3.8, 4) is 12.1 Å². The lowest BCUT2D eigenvalue weighted by Gasteiger charge is -2.33. The van der Waals surface area contributed by atoms with Crippen LogP contribution in [0, 0.1) is 16.7 Å². The van der Waals surface area contributed by atoms with E-state index < -0.39 is 5.41 Å². The quantitative estimate of drug-likeness (QED) is 0.471. The van der Waals surface area contributed by atoms with Gasteiger partial charge in [-0.15, -0.1) is 0 Å². The minimum Gasteiger partial charge on any atom is -0.462 e. The molecule has 36 heavy (non-hydrogen) atoms. The van der Waals surface area contributed by atoms with Gasteiger partial charge in [0.2, 0.25) is 0 Å². The summed E-state index contributed by atoms with van der Waals surface area (Å²) in [4.78, 5) is 33.8. The Morgan fingerprint density at radius 1 is 1.33 bits per heavy atom. The summed E-state index contributed by atoms with van der Waals surface area (Å²) in [5.74, 6) is 0.850. The van der Waals surface area contributed by atoms with Crippen LogP contribution in [0.2, 0.25) is 0 Å². The first kappa shape index (κ1) is 24.0. The molecular weight excluding hydrogens is 456 g/mol. The number of hydrogen-bond donors (Lipinski definition) is 2. The predicted octanol–water partition coefficient (Wildman–Crippen LogP) is 2.71. The summed E-state index contributed by atoms with van der Waals surface area (Å²) in [5.41, 5.74) is 2.06. The van der Waals surface area contributed by atoms with Gasteiger partial charge in [-0.2, -0.15) is 15.2 Å². The number of pyridine rings is 1. The number of nitrogens with zero attached hydrogens (tertiary/aromatic N) is 6. The molecule has 1 aliphatic heterocycles. The molecule has 1 saturated carbocycles. The van der Waals surface area contributed by atoms with E-state index >= 15 is 0 Å². The summed E-state index contributed by atoms with van der Waals surface area (Å²) in [6.07, 6.45) is 7.44. The molecule has 0 spiro atoms. The van der Waals surface area contributed by atoms with Crippen LogP contribution in [-0.2, 0) is 0 Å². The van der Waals surface area contributed by atoms with E-state index in [9.17, 15) is 10.1 Å². The van der Waals surface area contributed by atoms with Crippen LogP contribution in [0.5, 0.6) is 6.01 Å². The van der Waals surface area contributed by atoms with Gasteiger partial charge in [-0.3, -0.25) is 4.79 Å². The number of anilines is 1. The number of aromatic nitrogens is 4. The smallest absolute Gasteiger partial charge is 0.319 e. The Labute approximate surface area is 210 Å². The summed E-state index contributed by atoms with van der Waals surface area (Å²) in [5, 5.41) is 13.5. The zero-order chi connectivity index (χ0) is 25.1. The first-order valence-electron chi connectivity index (χ1n) is 12.5. The topological polar surface area (TPSA) is 123 Å². The monoisotopic (exact) mass is 488 g/mol. The van der Waals surface area contributed by atoms with Crippen LogP contribution in [0.15, 0.2) is 30.6 Å². The molecule has 0 aromatic carbocycles. The van der Waals surface area contributed by atoms with Gasteiger partial charge in [-0.25, -0.2) is 4.98 Å². The van der Waals surface area contributed by atoms with E-state index in [1.807, 2.05) is 25.1 Å². The van der Waals surface area contributed by atoms with Gasteiger partial charge in [0.15, 0.2) is 0 Å². The molecule has 1 aliphatic carbocycles. The van der Waals surface area contributed by atoms with Crippen molar-refractivity contribution < 1.29 is 9.53 Å². The number of fused-ring (bicyclic) bond motifs is 1. The number of ether oxygens (including phenoxy) is 1. The van der Waals surface area contributed by atoms with E-state index in [-0.39, 0.29) is 24.2 Å². The van der Waals surface area contributed by atoms with Crippen molar-refractivity contribution in [1.82, 2.24) is 30.2 Å². The highest BCUT2D eigenvalue weighted by atomic mass is 16.5. The molecule has 0 atom stereocenters. The van der Waals surface area contributed by atoms with Crippen LogP contribution in [0.1, 0.15) is 47.7 Å². The van der Waals surface area contributed by atoms with Crippen LogP contribution in [0.3, 0.4) is 0 Å². The fourth-order valence-corrected chi connectivity index (χ4v) is 4.62. The van der Waals surface area contributed by atoms with E-state index in [2.05, 4.69) is 48.5 Å². The largest absolute Gasteiger partial charge is 0.462 e. The number of H-pyrrole nitrogens is 1. The van der Waals surface area contributed by atoms with Crippen molar-refractivity contribution in [2.24, 2.45) is 5.41 Å². The number of carbonyl (C=O) groups excluding carboxylic acids is 1. The number of amides is 1. The standard InChI is InChI=1S/C26H32N8O2/c1-33(2)13-10-29-24(35)21-14-22(32-25(31-21)36-17-26(16-27)7-8-26)34-11-5-18(6-12-34)20-15-30-23-19(20)4-3-9-28-23/h3-4,9,14-15,18H,5-8,10-13,17H2,1-2H3,(H,28,30)(H,29,35). The summed E-state index contributed by atoms with van der Waals surface area (Å²) in [7, 11) is 3.92. The minimum atomic E-state index is -0.444. The molecular formula is C26H32N8O2. The molecule has 0 bridgehead atoms. The average Bonchev–Trinajstić information content (AvgIpc) is 3.56. The number of aromatic amines is 1. The van der Waals surface area contributed by atoms with E-state index in [0.29, 0.717) is 18.3 Å². The second-order valence-electron chi connectivity index (χ2n) is 10.0. The second-order valence-corrected chi connectivity index (χ2v) is 10.0. The van der Waals surface area contributed by atoms with Gasteiger partial charge >= 0.3 is 6.01 Å². The van der Waals surface area contributed by atoms with Crippen molar-refractivity contribution >= 4 is 22.8 Å². The van der Waals surface area contributed by atoms with Crippen LogP contribution < -0.4 is 15.0 Å². The Morgan fingerprint density at radius 3 is 2.86 bits per heavy atom. The van der Waals surface area contributed by atoms with Crippen LogP contribution in [0.25, 0.3) is 11.0 Å². The molecule has 1 saturated heterocycles. The number of likely N-dealkylation sites (N-methyl/N-ethyl adjacent to an activating group) is 1. The Hall–Kier alpha value is -3.71. The highest BCUT2D eigenvalue weighted by molar-refractivity contribution is 5.93. The summed E-state index contributed by atoms with van der Waals surface area (Å²) in [6, 6.07) is 8.30. The number of nitrogens with one attached hydrogen (secondary N) is 2. The molecule has 4 heterocycles. The molecule has 10 nitrogen and oxygen atoms in total. The molecule has 0 unspecified atom stereocenters. The number of nitriles is 1. The molecule has 0 radical (unpaired) electrons. The third-order valence-electron chi connectivity index (χ3n) is 7.08. The Morgan fingerprint density at radius 2 is 2.14 bits per heavy atom. The number of rotatable bonds is 9. The van der Waals surface area contributed by atoms with E-state index in [0.717, 1.165) is 51.0 Å². The molecule has 2 fully saturated rings. The number of carbonyl (C=O) groups is 1. The maximum atomic E-state index is 12.9. The second kappa shape index (κ2) is 10.1. The van der Waals surface area contributed by atoms with E-state index in [1.54, 1.807) is 12.3 Å². The SMILES string of the molecule is CN(C)CCNC(=O)c1cc(N2CCC(c3c[nH]c4ncccc34)CC2)nc(OCC2(C#N)CC2)n1. The lowest BCUT2D eigenvalue weighted by Crippen LogP contribution is -2.35. The molecule has 3 aromatic heterocycles. The Balaban J connectivity index is 1.31. The van der Waals surface area contributed by atoms with Crippen molar-refractivity contribution in [1.29, 1.82) is 5.26 Å². The molecule has 188 valence electrons. The highest BCUT2D eigenvalue weighted by Gasteiger charge is 2.44. The Bertz CT molecular complexity index is 1270. The molecule has 3 aromatic rings. The normalized spacial score (nSPS) is 17.2. The average molecular weight is 489 g/mol. The first-order valence-corrected chi connectivity index (χ1v) is 12.5. The minimum absolute atomic E-state index is 0.150. The lowest BCUT2D eigenvalue weighted by atomic mass is 9.89. The third-order valence-corrected chi connectivity index (χ3v) is 7.08.